The zero-order valence-corrected chi connectivity index (χ0v) is 36.9. The monoisotopic (exact) mass is 835 g/mol. The fourth-order valence-electron chi connectivity index (χ4n) is 7.07. The predicted molar refractivity (Wildman–Crippen MR) is 241 cm³/mol. The molecule has 12 heteroatoms. The maximum atomic E-state index is 14.3. The van der Waals surface area contributed by atoms with Gasteiger partial charge in [-0.15, -0.1) is 0 Å². The third-order valence-corrected chi connectivity index (χ3v) is 9.96. The summed E-state index contributed by atoms with van der Waals surface area (Å²) >= 11 is 0. The fourth-order valence-corrected chi connectivity index (χ4v) is 7.07. The maximum Gasteiger partial charge on any atom is 0.329 e. The second kappa shape index (κ2) is 22.2. The van der Waals surface area contributed by atoms with Crippen LogP contribution in [-0.4, -0.2) is 66.2 Å². The number of aryl methyl sites for hydroxylation is 1. The minimum Gasteiger partial charge on any atom is -0.488 e. The van der Waals surface area contributed by atoms with Gasteiger partial charge in [0.25, 0.3) is 0 Å². The number of nitrogens with one attached hydrogen (secondary N) is 4. The molecule has 0 aliphatic rings. The van der Waals surface area contributed by atoms with Crippen molar-refractivity contribution in [2.45, 2.75) is 122 Å². The Balaban J connectivity index is 1.56. The third kappa shape index (κ3) is 15.4. The zero-order chi connectivity index (χ0) is 44.6. The molecule has 0 unspecified atom stereocenters. The van der Waals surface area contributed by atoms with Crippen LogP contribution < -0.4 is 37.5 Å². The van der Waals surface area contributed by atoms with Crippen LogP contribution in [0.15, 0.2) is 109 Å². The normalized spacial score (nSPS) is 13.3. The molecule has 0 saturated heterocycles. The fraction of sp³-hybridized carbons (Fsp3) is 0.429. The molecule has 328 valence electrons. The van der Waals surface area contributed by atoms with Gasteiger partial charge in [-0.3, -0.25) is 14.9 Å². The number of ether oxygens (including phenoxy) is 2. The molecule has 4 rings (SSSR count). The van der Waals surface area contributed by atoms with Crippen LogP contribution in [0.5, 0.6) is 5.75 Å². The van der Waals surface area contributed by atoms with Crippen molar-refractivity contribution in [2.24, 2.45) is 11.5 Å². The number of carbonyl (C=O) groups excluding carboxylic acids is 4. The summed E-state index contributed by atoms with van der Waals surface area (Å²) < 4.78 is 11.7. The molecule has 4 amide bonds. The summed E-state index contributed by atoms with van der Waals surface area (Å²) in [6, 6.07) is 32.9. The highest BCUT2D eigenvalue weighted by molar-refractivity contribution is 5.92. The molecule has 0 fully saturated rings. The standard InChI is InChI=1S/C49H66N6O6/c1-34-23-27-38(28-24-34)49(36-17-10-8-11-18-36,37-19-12-9-13-20-37)53-32-15-14-22-41(54-43(56)40(50)21-16-31-52-46(51)59)44(57)55-42(45(58)61-48(5,6)7)33-35-25-29-39(30-26-35)60-47(2,3)4/h8-13,17-20,23-30,40-42,53H,14-16,21-22,31-33,50H2,1-7H3,(H,54,56)(H,55,57)(H3,51,52,59)/t40-,41-,42-/m0/s1. The van der Waals surface area contributed by atoms with Crippen LogP contribution in [0.3, 0.4) is 0 Å². The van der Waals surface area contributed by atoms with E-state index in [0.717, 1.165) is 27.8 Å². The number of carbonyl (C=O) groups is 4. The van der Waals surface area contributed by atoms with Gasteiger partial charge in [0.05, 0.1) is 11.6 Å². The van der Waals surface area contributed by atoms with Gasteiger partial charge in [0.2, 0.25) is 11.8 Å². The molecule has 4 aromatic rings. The maximum absolute atomic E-state index is 14.3. The molecule has 0 saturated carbocycles. The van der Waals surface area contributed by atoms with Crippen LogP contribution in [0.2, 0.25) is 0 Å². The van der Waals surface area contributed by atoms with Gasteiger partial charge >= 0.3 is 12.0 Å². The smallest absolute Gasteiger partial charge is 0.329 e. The molecule has 0 radical (unpaired) electrons. The summed E-state index contributed by atoms with van der Waals surface area (Å²) in [7, 11) is 0. The summed E-state index contributed by atoms with van der Waals surface area (Å²) in [5.41, 5.74) is 14.8. The minimum absolute atomic E-state index is 0.146. The van der Waals surface area contributed by atoms with Crippen LogP contribution >= 0.6 is 0 Å². The quantitative estimate of drug-likeness (QED) is 0.0310. The van der Waals surface area contributed by atoms with Gasteiger partial charge < -0.3 is 36.9 Å². The van der Waals surface area contributed by atoms with Crippen LogP contribution in [0.4, 0.5) is 4.79 Å². The topological polar surface area (TPSA) is 187 Å². The first-order chi connectivity index (χ1) is 28.9. The zero-order valence-electron chi connectivity index (χ0n) is 36.9. The molecule has 0 spiro atoms. The van der Waals surface area contributed by atoms with Crippen molar-refractivity contribution in [1.82, 2.24) is 21.3 Å². The van der Waals surface area contributed by atoms with E-state index in [2.05, 4.69) is 76.7 Å². The lowest BCUT2D eigenvalue weighted by molar-refractivity contribution is -0.158. The van der Waals surface area contributed by atoms with Crippen molar-refractivity contribution < 1.29 is 28.7 Å². The van der Waals surface area contributed by atoms with E-state index in [-0.39, 0.29) is 31.4 Å². The van der Waals surface area contributed by atoms with E-state index >= 15 is 0 Å². The van der Waals surface area contributed by atoms with Crippen molar-refractivity contribution in [2.75, 3.05) is 13.1 Å². The molecule has 4 aromatic carbocycles. The molecule has 0 heterocycles. The number of esters is 1. The number of hydrogen-bond acceptors (Lipinski definition) is 8. The molecule has 0 aliphatic carbocycles. The van der Waals surface area contributed by atoms with Gasteiger partial charge in [0, 0.05) is 13.0 Å². The SMILES string of the molecule is Cc1ccc(C(NCCCC[C@H](NC(=O)[C@@H](N)CCCNC(N)=O)C(=O)N[C@@H](Cc2ccc(OC(C)(C)C)cc2)C(=O)OC(C)(C)C)(c2ccccc2)c2ccccc2)cc1. The highest BCUT2D eigenvalue weighted by atomic mass is 16.6. The molecular weight excluding hydrogens is 769 g/mol. The van der Waals surface area contributed by atoms with Crippen LogP contribution in [0, 0.1) is 6.92 Å². The van der Waals surface area contributed by atoms with Gasteiger partial charge in [-0.25, -0.2) is 9.59 Å². The van der Waals surface area contributed by atoms with E-state index in [4.69, 9.17) is 20.9 Å². The lowest BCUT2D eigenvalue weighted by Gasteiger charge is -2.37. The number of amides is 4. The Labute approximate surface area is 361 Å². The Morgan fingerprint density at radius 3 is 1.72 bits per heavy atom. The first-order valence-corrected chi connectivity index (χ1v) is 21.2. The van der Waals surface area contributed by atoms with Crippen molar-refractivity contribution in [1.29, 1.82) is 0 Å². The summed E-state index contributed by atoms with van der Waals surface area (Å²) in [6.07, 6.45) is 2.27. The molecule has 0 aromatic heterocycles. The number of benzene rings is 4. The van der Waals surface area contributed by atoms with Gasteiger partial charge in [-0.05, 0) is 122 Å². The second-order valence-corrected chi connectivity index (χ2v) is 17.5. The first-order valence-electron chi connectivity index (χ1n) is 21.2. The van der Waals surface area contributed by atoms with Crippen LogP contribution in [-0.2, 0) is 31.1 Å². The summed E-state index contributed by atoms with van der Waals surface area (Å²) in [6.45, 7) is 14.1. The van der Waals surface area contributed by atoms with E-state index in [1.54, 1.807) is 20.8 Å². The average molecular weight is 835 g/mol. The average Bonchev–Trinajstić information content (AvgIpc) is 3.20. The van der Waals surface area contributed by atoms with Crippen molar-refractivity contribution in [3.05, 3.63) is 137 Å². The molecule has 0 aliphatic heterocycles. The predicted octanol–water partition coefficient (Wildman–Crippen LogP) is 6.55. The van der Waals surface area contributed by atoms with Gasteiger partial charge in [-0.2, -0.15) is 0 Å². The number of rotatable bonds is 21. The molecule has 8 N–H and O–H groups in total. The molecule has 0 bridgehead atoms. The van der Waals surface area contributed by atoms with Gasteiger partial charge in [-0.1, -0.05) is 103 Å². The Bertz CT molecular complexity index is 1950. The Morgan fingerprint density at radius 2 is 1.18 bits per heavy atom. The van der Waals surface area contributed by atoms with Crippen LogP contribution in [0.25, 0.3) is 0 Å². The second-order valence-electron chi connectivity index (χ2n) is 17.5. The van der Waals surface area contributed by atoms with Gasteiger partial charge in [0.15, 0.2) is 0 Å². The van der Waals surface area contributed by atoms with E-state index < -0.39 is 53.1 Å². The number of nitrogens with two attached hydrogens (primary N) is 2. The van der Waals surface area contributed by atoms with E-state index in [9.17, 15) is 19.2 Å². The number of primary amides is 1. The number of urea groups is 1. The lowest BCUT2D eigenvalue weighted by Crippen LogP contribution is -2.55. The van der Waals surface area contributed by atoms with E-state index in [0.29, 0.717) is 31.6 Å². The van der Waals surface area contributed by atoms with Crippen LogP contribution in [0.1, 0.15) is 101 Å². The Morgan fingerprint density at radius 1 is 0.623 bits per heavy atom. The molecular formula is C49H66N6O6. The molecule has 3 atom stereocenters. The first kappa shape index (κ1) is 48.0. The number of hydrogen-bond donors (Lipinski definition) is 6. The van der Waals surface area contributed by atoms with Crippen molar-refractivity contribution >= 4 is 23.8 Å². The molecule has 12 nitrogen and oxygen atoms in total. The molecule has 61 heavy (non-hydrogen) atoms. The summed E-state index contributed by atoms with van der Waals surface area (Å²) in [4.78, 5) is 52.5. The number of unbranched alkanes of at least 4 members (excludes halogenated alkanes) is 1. The third-order valence-electron chi connectivity index (χ3n) is 9.96. The van der Waals surface area contributed by atoms with E-state index in [1.165, 1.54) is 0 Å². The van der Waals surface area contributed by atoms with Crippen molar-refractivity contribution in [3.63, 3.8) is 0 Å². The highest BCUT2D eigenvalue weighted by Crippen LogP contribution is 2.37. The largest absolute Gasteiger partial charge is 0.488 e. The highest BCUT2D eigenvalue weighted by Gasteiger charge is 2.36. The Kier molecular flexibility index (Phi) is 17.5. The lowest BCUT2D eigenvalue weighted by atomic mass is 9.76. The summed E-state index contributed by atoms with van der Waals surface area (Å²) in [5.74, 6) is -0.975. The minimum atomic E-state index is -1.05. The Hall–Kier alpha value is -5.72. The van der Waals surface area contributed by atoms with E-state index in [1.807, 2.05) is 81.4 Å². The van der Waals surface area contributed by atoms with Gasteiger partial charge in [0.1, 0.15) is 29.0 Å². The summed E-state index contributed by atoms with van der Waals surface area (Å²) in [5, 5.41) is 12.2. The van der Waals surface area contributed by atoms with Crippen molar-refractivity contribution in [3.8, 4) is 5.75 Å².